The molecule has 0 radical (unpaired) electrons. The third kappa shape index (κ3) is 2.98. The van der Waals surface area contributed by atoms with Crippen molar-refractivity contribution in [3.05, 3.63) is 12.3 Å². The average Bonchev–Trinajstić information content (AvgIpc) is 2.81. The summed E-state index contributed by atoms with van der Waals surface area (Å²) in [5.74, 6) is 0.836. The second-order valence-electron chi connectivity index (χ2n) is 4.56. The van der Waals surface area contributed by atoms with Crippen LogP contribution in [0.3, 0.4) is 0 Å². The monoisotopic (exact) mass is 276 g/mol. The molecule has 2 heterocycles. The lowest BCUT2D eigenvalue weighted by molar-refractivity contribution is -0.121. The van der Waals surface area contributed by atoms with Gasteiger partial charge < -0.3 is 20.9 Å². The highest BCUT2D eigenvalue weighted by Crippen LogP contribution is 2.22. The van der Waals surface area contributed by atoms with Gasteiger partial charge in [-0.1, -0.05) is 13.3 Å². The first-order valence-electron chi connectivity index (χ1n) is 6.72. The molecule has 2 aromatic rings. The van der Waals surface area contributed by atoms with Gasteiger partial charge in [0.2, 0.25) is 11.9 Å². The van der Waals surface area contributed by atoms with Crippen LogP contribution in [0.4, 0.5) is 11.8 Å². The molecule has 4 N–H and O–H groups in total. The SMILES string of the molecule is CCCCNc1nc(N)nc2ccn(CC(=O)NC)c12. The molecule has 2 aromatic heterocycles. The molecule has 2 rings (SSSR count). The number of nitrogen functional groups attached to an aromatic ring is 1. The average molecular weight is 276 g/mol. The highest BCUT2D eigenvalue weighted by Gasteiger charge is 2.12. The molecule has 7 heteroatoms. The van der Waals surface area contributed by atoms with Crippen LogP contribution in [-0.4, -0.2) is 34.0 Å². The summed E-state index contributed by atoms with van der Waals surface area (Å²) in [5, 5.41) is 5.87. The Hall–Kier alpha value is -2.31. The van der Waals surface area contributed by atoms with Gasteiger partial charge in [-0.05, 0) is 12.5 Å². The number of nitrogens with zero attached hydrogens (tertiary/aromatic N) is 3. The molecule has 0 fully saturated rings. The molecule has 0 aliphatic carbocycles. The van der Waals surface area contributed by atoms with Crippen molar-refractivity contribution in [3.8, 4) is 0 Å². The summed E-state index contributed by atoms with van der Waals surface area (Å²) in [6.45, 7) is 3.17. The fourth-order valence-corrected chi connectivity index (χ4v) is 2.00. The summed E-state index contributed by atoms with van der Waals surface area (Å²) in [4.78, 5) is 20.0. The van der Waals surface area contributed by atoms with Gasteiger partial charge in [0.1, 0.15) is 12.1 Å². The van der Waals surface area contributed by atoms with Crippen LogP contribution in [0.5, 0.6) is 0 Å². The Bertz CT molecular complexity index is 606. The van der Waals surface area contributed by atoms with Gasteiger partial charge in [0, 0.05) is 19.8 Å². The minimum Gasteiger partial charge on any atom is -0.368 e. The minimum absolute atomic E-state index is 0.0705. The molecule has 0 spiro atoms. The van der Waals surface area contributed by atoms with Crippen LogP contribution in [0.25, 0.3) is 11.0 Å². The van der Waals surface area contributed by atoms with Crippen molar-refractivity contribution in [2.45, 2.75) is 26.3 Å². The number of carbonyl (C=O) groups is 1. The fraction of sp³-hybridized carbons (Fsp3) is 0.462. The van der Waals surface area contributed by atoms with Crippen LogP contribution >= 0.6 is 0 Å². The van der Waals surface area contributed by atoms with Crippen molar-refractivity contribution in [1.29, 1.82) is 0 Å². The summed E-state index contributed by atoms with van der Waals surface area (Å²) in [7, 11) is 1.61. The van der Waals surface area contributed by atoms with E-state index in [0.29, 0.717) is 5.82 Å². The van der Waals surface area contributed by atoms with Gasteiger partial charge in [0.25, 0.3) is 0 Å². The Morgan fingerprint density at radius 3 is 2.95 bits per heavy atom. The number of hydrogen-bond acceptors (Lipinski definition) is 5. The molecule has 0 saturated carbocycles. The van der Waals surface area contributed by atoms with E-state index in [2.05, 4.69) is 27.5 Å². The highest BCUT2D eigenvalue weighted by atomic mass is 16.1. The molecule has 0 saturated heterocycles. The van der Waals surface area contributed by atoms with E-state index in [0.717, 1.165) is 30.4 Å². The maximum atomic E-state index is 11.5. The first-order valence-corrected chi connectivity index (χ1v) is 6.72. The Kier molecular flexibility index (Phi) is 4.39. The largest absolute Gasteiger partial charge is 0.368 e. The summed E-state index contributed by atoms with van der Waals surface area (Å²) in [5.41, 5.74) is 7.26. The molecule has 0 aliphatic heterocycles. The maximum Gasteiger partial charge on any atom is 0.239 e. The number of amides is 1. The van der Waals surface area contributed by atoms with E-state index in [-0.39, 0.29) is 18.4 Å². The smallest absolute Gasteiger partial charge is 0.239 e. The van der Waals surface area contributed by atoms with Crippen molar-refractivity contribution in [2.75, 3.05) is 24.6 Å². The first-order chi connectivity index (χ1) is 9.65. The molecule has 1 amide bonds. The molecule has 0 atom stereocenters. The molecule has 108 valence electrons. The molecule has 0 unspecified atom stereocenters. The summed E-state index contributed by atoms with van der Waals surface area (Å²) in [6.07, 6.45) is 3.95. The number of nitrogens with one attached hydrogen (secondary N) is 2. The second-order valence-corrected chi connectivity index (χ2v) is 4.56. The van der Waals surface area contributed by atoms with Gasteiger partial charge in [-0.15, -0.1) is 0 Å². The number of likely N-dealkylation sites (N-methyl/N-ethyl adjacent to an activating group) is 1. The van der Waals surface area contributed by atoms with E-state index in [9.17, 15) is 4.79 Å². The number of nitrogens with two attached hydrogens (primary N) is 1. The summed E-state index contributed by atoms with van der Waals surface area (Å²) in [6, 6.07) is 1.83. The molecule has 0 bridgehead atoms. The zero-order chi connectivity index (χ0) is 14.5. The van der Waals surface area contributed by atoms with Gasteiger partial charge in [-0.3, -0.25) is 4.79 Å². The molecule has 7 nitrogen and oxygen atoms in total. The van der Waals surface area contributed by atoms with Gasteiger partial charge >= 0.3 is 0 Å². The third-order valence-corrected chi connectivity index (χ3v) is 3.04. The van der Waals surface area contributed by atoms with E-state index in [1.807, 2.05) is 16.8 Å². The Balaban J connectivity index is 2.37. The van der Waals surface area contributed by atoms with Crippen molar-refractivity contribution >= 4 is 28.7 Å². The fourth-order valence-electron chi connectivity index (χ4n) is 2.00. The van der Waals surface area contributed by atoms with Crippen molar-refractivity contribution in [1.82, 2.24) is 19.9 Å². The maximum absolute atomic E-state index is 11.5. The number of unbranched alkanes of at least 4 members (excludes halogenated alkanes) is 1. The number of aromatic nitrogens is 3. The van der Waals surface area contributed by atoms with E-state index >= 15 is 0 Å². The van der Waals surface area contributed by atoms with Gasteiger partial charge in [0.05, 0.1) is 5.52 Å². The molecule has 20 heavy (non-hydrogen) atoms. The predicted octanol–water partition coefficient (Wildman–Crippen LogP) is 0.972. The van der Waals surface area contributed by atoms with Crippen molar-refractivity contribution in [3.63, 3.8) is 0 Å². The normalized spacial score (nSPS) is 10.7. The lowest BCUT2D eigenvalue weighted by atomic mass is 10.3. The van der Waals surface area contributed by atoms with E-state index in [1.165, 1.54) is 0 Å². The topological polar surface area (TPSA) is 97.9 Å². The zero-order valence-corrected chi connectivity index (χ0v) is 11.8. The standard InChI is InChI=1S/C13H20N6O/c1-3-4-6-16-12-11-9(17-13(14)18-12)5-7-19(11)8-10(20)15-2/h5,7H,3-4,6,8H2,1-2H3,(H,15,20)(H3,14,16,17,18). The zero-order valence-electron chi connectivity index (χ0n) is 11.8. The predicted molar refractivity (Wildman–Crippen MR) is 79.4 cm³/mol. The second kappa shape index (κ2) is 6.23. The number of rotatable bonds is 6. The molecule has 0 aromatic carbocycles. The van der Waals surface area contributed by atoms with Gasteiger partial charge in [-0.25, -0.2) is 4.98 Å². The lowest BCUT2D eigenvalue weighted by Gasteiger charge is -2.10. The number of carbonyl (C=O) groups excluding carboxylic acids is 1. The van der Waals surface area contributed by atoms with Gasteiger partial charge in [-0.2, -0.15) is 4.98 Å². The van der Waals surface area contributed by atoms with E-state index in [4.69, 9.17) is 5.73 Å². The highest BCUT2D eigenvalue weighted by molar-refractivity contribution is 5.89. The van der Waals surface area contributed by atoms with E-state index in [1.54, 1.807) is 7.05 Å². The van der Waals surface area contributed by atoms with Crippen LogP contribution in [0.15, 0.2) is 12.3 Å². The number of hydrogen-bond donors (Lipinski definition) is 3. The quantitative estimate of drug-likeness (QED) is 0.683. The van der Waals surface area contributed by atoms with E-state index < -0.39 is 0 Å². The summed E-state index contributed by atoms with van der Waals surface area (Å²) < 4.78 is 1.82. The lowest BCUT2D eigenvalue weighted by Crippen LogP contribution is -2.23. The molecular weight excluding hydrogens is 256 g/mol. The number of fused-ring (bicyclic) bond motifs is 1. The Morgan fingerprint density at radius 2 is 2.25 bits per heavy atom. The molecule has 0 aliphatic rings. The van der Waals surface area contributed by atoms with Crippen molar-refractivity contribution in [2.24, 2.45) is 0 Å². The first kappa shape index (κ1) is 14.1. The third-order valence-electron chi connectivity index (χ3n) is 3.04. The summed E-state index contributed by atoms with van der Waals surface area (Å²) >= 11 is 0. The van der Waals surface area contributed by atoms with Crippen LogP contribution in [0.1, 0.15) is 19.8 Å². The molecular formula is C13H20N6O. The Labute approximate surface area is 117 Å². The van der Waals surface area contributed by atoms with Crippen LogP contribution in [0.2, 0.25) is 0 Å². The van der Waals surface area contributed by atoms with Crippen LogP contribution in [-0.2, 0) is 11.3 Å². The Morgan fingerprint density at radius 1 is 1.45 bits per heavy atom. The van der Waals surface area contributed by atoms with Crippen molar-refractivity contribution < 1.29 is 4.79 Å². The van der Waals surface area contributed by atoms with Crippen LogP contribution < -0.4 is 16.4 Å². The van der Waals surface area contributed by atoms with Crippen LogP contribution in [0, 0.1) is 0 Å². The van der Waals surface area contributed by atoms with Gasteiger partial charge in [0.15, 0.2) is 5.82 Å². The minimum atomic E-state index is -0.0705. The number of anilines is 2.